The Kier molecular flexibility index (Phi) is 3.61. The maximum absolute atomic E-state index is 6.52. The van der Waals surface area contributed by atoms with Gasteiger partial charge in [-0.3, -0.25) is 0 Å². The third kappa shape index (κ3) is 2.69. The third-order valence-electron chi connectivity index (χ3n) is 3.82. The summed E-state index contributed by atoms with van der Waals surface area (Å²) in [6.07, 6.45) is 5.84. The molecule has 0 amide bonds. The van der Waals surface area contributed by atoms with Gasteiger partial charge in [0, 0.05) is 16.0 Å². The van der Waals surface area contributed by atoms with E-state index in [-0.39, 0.29) is 5.54 Å². The lowest BCUT2D eigenvalue weighted by atomic mass is 9.83. The summed E-state index contributed by atoms with van der Waals surface area (Å²) in [6, 6.07) is 7.81. The number of thiazole rings is 1. The van der Waals surface area contributed by atoms with E-state index >= 15 is 0 Å². The predicted octanol–water partition coefficient (Wildman–Crippen LogP) is 4.58. The van der Waals surface area contributed by atoms with Crippen molar-refractivity contribution in [3.8, 4) is 11.3 Å². The van der Waals surface area contributed by atoms with Gasteiger partial charge in [-0.05, 0) is 25.0 Å². The van der Waals surface area contributed by atoms with Gasteiger partial charge in [-0.25, -0.2) is 4.98 Å². The lowest BCUT2D eigenvalue weighted by Crippen LogP contribution is -2.38. The van der Waals surface area contributed by atoms with Crippen LogP contribution in [0.3, 0.4) is 0 Å². The molecule has 3 rings (SSSR count). The molecule has 0 saturated heterocycles. The molecular formula is C15H17ClN2S. The summed E-state index contributed by atoms with van der Waals surface area (Å²) in [6.45, 7) is 0. The fraction of sp³-hybridized carbons (Fsp3) is 0.400. The number of rotatable bonds is 2. The van der Waals surface area contributed by atoms with Crippen molar-refractivity contribution < 1.29 is 0 Å². The summed E-state index contributed by atoms with van der Waals surface area (Å²) < 4.78 is 0. The quantitative estimate of drug-likeness (QED) is 0.880. The summed E-state index contributed by atoms with van der Waals surface area (Å²) in [7, 11) is 0. The molecule has 0 spiro atoms. The van der Waals surface area contributed by atoms with E-state index in [0.717, 1.165) is 34.1 Å². The fourth-order valence-corrected chi connectivity index (χ4v) is 3.78. The Morgan fingerprint density at radius 3 is 2.47 bits per heavy atom. The van der Waals surface area contributed by atoms with Crippen LogP contribution in [0.2, 0.25) is 5.02 Å². The lowest BCUT2D eigenvalue weighted by molar-refractivity contribution is 0.301. The normalized spacial score (nSPS) is 18.4. The van der Waals surface area contributed by atoms with Gasteiger partial charge in [0.15, 0.2) is 0 Å². The first-order valence-electron chi connectivity index (χ1n) is 6.68. The first-order chi connectivity index (χ1) is 9.17. The van der Waals surface area contributed by atoms with Gasteiger partial charge in [-0.1, -0.05) is 43.0 Å². The number of benzene rings is 1. The molecular weight excluding hydrogens is 276 g/mol. The molecule has 2 N–H and O–H groups in total. The van der Waals surface area contributed by atoms with E-state index < -0.39 is 0 Å². The second-order valence-electron chi connectivity index (χ2n) is 5.26. The molecule has 0 radical (unpaired) electrons. The van der Waals surface area contributed by atoms with Gasteiger partial charge in [0.05, 0.1) is 11.2 Å². The maximum Gasteiger partial charge on any atom is 0.113 e. The van der Waals surface area contributed by atoms with Gasteiger partial charge < -0.3 is 5.73 Å². The van der Waals surface area contributed by atoms with E-state index in [1.165, 1.54) is 19.3 Å². The van der Waals surface area contributed by atoms with Crippen molar-refractivity contribution in [3.05, 3.63) is 39.7 Å². The highest BCUT2D eigenvalue weighted by atomic mass is 35.5. The standard InChI is InChI=1S/C15H17ClN2S/c16-12-6-4-11(5-7-12)13-10-19-14(18-13)15(17)8-2-1-3-9-15/h4-7,10H,1-3,8-9,17H2. The first kappa shape index (κ1) is 13.1. The minimum absolute atomic E-state index is 0.201. The molecule has 0 unspecified atom stereocenters. The Bertz CT molecular complexity index is 556. The number of nitrogens with zero attached hydrogens (tertiary/aromatic N) is 1. The van der Waals surface area contributed by atoms with Crippen LogP contribution in [0.25, 0.3) is 11.3 Å². The SMILES string of the molecule is NC1(c2nc(-c3ccc(Cl)cc3)cs2)CCCCC1. The Hall–Kier alpha value is -0.900. The monoisotopic (exact) mass is 292 g/mol. The summed E-state index contributed by atoms with van der Waals surface area (Å²) in [5.41, 5.74) is 8.43. The molecule has 19 heavy (non-hydrogen) atoms. The summed E-state index contributed by atoms with van der Waals surface area (Å²) in [5.74, 6) is 0. The summed E-state index contributed by atoms with van der Waals surface area (Å²) >= 11 is 7.60. The molecule has 1 fully saturated rings. The highest BCUT2D eigenvalue weighted by molar-refractivity contribution is 7.10. The van der Waals surface area contributed by atoms with Crippen LogP contribution in [0.4, 0.5) is 0 Å². The predicted molar refractivity (Wildman–Crippen MR) is 81.5 cm³/mol. The number of hydrogen-bond donors (Lipinski definition) is 1. The van der Waals surface area contributed by atoms with Crippen LogP contribution in [0.15, 0.2) is 29.6 Å². The topological polar surface area (TPSA) is 38.9 Å². The highest BCUT2D eigenvalue weighted by Gasteiger charge is 2.32. The second-order valence-corrected chi connectivity index (χ2v) is 6.56. The van der Waals surface area contributed by atoms with Gasteiger partial charge in [-0.15, -0.1) is 11.3 Å². The Labute approximate surface area is 122 Å². The molecule has 1 aromatic heterocycles. The van der Waals surface area contributed by atoms with E-state index in [4.69, 9.17) is 22.3 Å². The fourth-order valence-electron chi connectivity index (χ4n) is 2.65. The zero-order valence-electron chi connectivity index (χ0n) is 10.7. The molecule has 1 heterocycles. The second kappa shape index (κ2) is 5.23. The van der Waals surface area contributed by atoms with Crippen molar-refractivity contribution in [2.24, 2.45) is 5.73 Å². The van der Waals surface area contributed by atoms with Gasteiger partial charge in [0.2, 0.25) is 0 Å². The van der Waals surface area contributed by atoms with Gasteiger partial charge in [-0.2, -0.15) is 0 Å². The molecule has 0 aliphatic heterocycles. The van der Waals surface area contributed by atoms with Gasteiger partial charge >= 0.3 is 0 Å². The maximum atomic E-state index is 6.52. The van der Waals surface area contributed by atoms with Crippen molar-refractivity contribution in [2.75, 3.05) is 0 Å². The molecule has 1 saturated carbocycles. The highest BCUT2D eigenvalue weighted by Crippen LogP contribution is 2.37. The lowest BCUT2D eigenvalue weighted by Gasteiger charge is -2.31. The van der Waals surface area contributed by atoms with Crippen LogP contribution in [0, 0.1) is 0 Å². The van der Waals surface area contributed by atoms with E-state index in [0.29, 0.717) is 0 Å². The average Bonchev–Trinajstić information content (AvgIpc) is 2.91. The molecule has 2 nitrogen and oxygen atoms in total. The number of nitrogens with two attached hydrogens (primary N) is 1. The summed E-state index contributed by atoms with van der Waals surface area (Å²) in [5, 5.41) is 3.93. The zero-order valence-corrected chi connectivity index (χ0v) is 12.3. The van der Waals surface area contributed by atoms with E-state index in [9.17, 15) is 0 Å². The molecule has 100 valence electrons. The molecule has 0 bridgehead atoms. The molecule has 1 aliphatic rings. The molecule has 4 heteroatoms. The average molecular weight is 293 g/mol. The molecule has 1 aliphatic carbocycles. The van der Waals surface area contributed by atoms with Crippen LogP contribution in [-0.4, -0.2) is 4.98 Å². The van der Waals surface area contributed by atoms with Crippen molar-refractivity contribution in [1.82, 2.24) is 4.98 Å². The van der Waals surface area contributed by atoms with Crippen molar-refractivity contribution >= 4 is 22.9 Å². The van der Waals surface area contributed by atoms with Gasteiger partial charge in [0.25, 0.3) is 0 Å². The third-order valence-corrected chi connectivity index (χ3v) is 5.13. The van der Waals surface area contributed by atoms with Crippen LogP contribution >= 0.6 is 22.9 Å². The number of halogens is 1. The van der Waals surface area contributed by atoms with Gasteiger partial charge in [0.1, 0.15) is 5.01 Å². The van der Waals surface area contributed by atoms with Crippen LogP contribution in [0.5, 0.6) is 0 Å². The zero-order chi connectivity index (χ0) is 13.3. The van der Waals surface area contributed by atoms with E-state index in [1.54, 1.807) is 11.3 Å². The molecule has 1 aromatic carbocycles. The van der Waals surface area contributed by atoms with Crippen LogP contribution < -0.4 is 5.73 Å². The smallest absolute Gasteiger partial charge is 0.113 e. The van der Waals surface area contributed by atoms with Crippen LogP contribution in [0.1, 0.15) is 37.1 Å². The minimum Gasteiger partial charge on any atom is -0.319 e. The Balaban J connectivity index is 1.88. The molecule has 2 aromatic rings. The van der Waals surface area contributed by atoms with E-state index in [1.807, 2.05) is 24.3 Å². The van der Waals surface area contributed by atoms with E-state index in [2.05, 4.69) is 5.38 Å². The first-order valence-corrected chi connectivity index (χ1v) is 7.94. The Morgan fingerprint density at radius 1 is 1.11 bits per heavy atom. The minimum atomic E-state index is -0.201. The number of aromatic nitrogens is 1. The molecule has 0 atom stereocenters. The number of hydrogen-bond acceptors (Lipinski definition) is 3. The van der Waals surface area contributed by atoms with Crippen molar-refractivity contribution in [1.29, 1.82) is 0 Å². The van der Waals surface area contributed by atoms with Crippen molar-refractivity contribution in [3.63, 3.8) is 0 Å². The summed E-state index contributed by atoms with van der Waals surface area (Å²) in [4.78, 5) is 4.76. The Morgan fingerprint density at radius 2 is 1.79 bits per heavy atom. The van der Waals surface area contributed by atoms with Crippen molar-refractivity contribution in [2.45, 2.75) is 37.6 Å². The largest absolute Gasteiger partial charge is 0.319 e. The van der Waals surface area contributed by atoms with Crippen LogP contribution in [-0.2, 0) is 5.54 Å².